The van der Waals surface area contributed by atoms with Gasteiger partial charge < -0.3 is 10.0 Å². The van der Waals surface area contributed by atoms with Gasteiger partial charge in [-0.3, -0.25) is 0 Å². The molecule has 0 aromatic heterocycles. The number of hydrogen-bond donors (Lipinski definition) is 1. The second kappa shape index (κ2) is 4.25. The molecule has 1 heterocycles. The van der Waals surface area contributed by atoms with Crippen LogP contribution < -0.4 is 0 Å². The lowest BCUT2D eigenvalue weighted by Crippen LogP contribution is -2.62. The van der Waals surface area contributed by atoms with Crippen molar-refractivity contribution in [2.75, 3.05) is 13.6 Å². The first-order valence-corrected chi connectivity index (χ1v) is 8.52. The predicted octanol–water partition coefficient (Wildman–Crippen LogP) is 3.82. The Labute approximate surface area is 128 Å². The highest BCUT2D eigenvalue weighted by Crippen LogP contribution is 2.59. The molecule has 2 aliphatic carbocycles. The van der Waals surface area contributed by atoms with Crippen LogP contribution in [0.3, 0.4) is 0 Å². The summed E-state index contributed by atoms with van der Waals surface area (Å²) >= 11 is 0. The minimum atomic E-state index is 0.221. The highest BCUT2D eigenvalue weighted by Gasteiger charge is 2.57. The fraction of sp³-hybridized carbons (Fsp3) is 0.684. The maximum atomic E-state index is 10.1. The van der Waals surface area contributed by atoms with Gasteiger partial charge in [-0.15, -0.1) is 0 Å². The van der Waals surface area contributed by atoms with E-state index in [2.05, 4.69) is 37.9 Å². The van der Waals surface area contributed by atoms with Crippen molar-refractivity contribution < 1.29 is 5.11 Å². The first-order valence-electron chi connectivity index (χ1n) is 8.52. The third-order valence-electron chi connectivity index (χ3n) is 7.09. The van der Waals surface area contributed by atoms with Crippen LogP contribution >= 0.6 is 0 Å². The lowest BCUT2D eigenvalue weighted by Gasteiger charge is -2.59. The van der Waals surface area contributed by atoms with Gasteiger partial charge in [0.2, 0.25) is 0 Å². The van der Waals surface area contributed by atoms with E-state index in [0.717, 1.165) is 0 Å². The maximum absolute atomic E-state index is 10.1. The van der Waals surface area contributed by atoms with Crippen LogP contribution in [0.5, 0.6) is 5.75 Å². The molecule has 1 aliphatic heterocycles. The normalized spacial score (nSPS) is 37.7. The molecule has 3 unspecified atom stereocenters. The van der Waals surface area contributed by atoms with E-state index in [1.807, 2.05) is 6.07 Å². The van der Waals surface area contributed by atoms with Crippen molar-refractivity contribution in [3.8, 4) is 5.75 Å². The fourth-order valence-electron chi connectivity index (χ4n) is 5.74. The highest BCUT2D eigenvalue weighted by atomic mass is 16.3. The van der Waals surface area contributed by atoms with Crippen LogP contribution in [0, 0.1) is 5.92 Å². The molecule has 4 rings (SSSR count). The number of aromatic hydroxyl groups is 1. The first kappa shape index (κ1) is 13.6. The molecule has 1 N–H and O–H groups in total. The molecule has 1 saturated carbocycles. The van der Waals surface area contributed by atoms with E-state index in [1.54, 1.807) is 5.56 Å². The van der Waals surface area contributed by atoms with Gasteiger partial charge in [0.25, 0.3) is 0 Å². The van der Waals surface area contributed by atoms with Gasteiger partial charge in [-0.2, -0.15) is 0 Å². The molecule has 0 radical (unpaired) electrons. The van der Waals surface area contributed by atoms with Crippen molar-refractivity contribution in [3.63, 3.8) is 0 Å². The Balaban J connectivity index is 1.98. The average molecular weight is 285 g/mol. The SMILES string of the molecule is CC1CN(C)C2CC1(C)c1cc(O)ccc1C21CCCC1. The monoisotopic (exact) mass is 285 g/mol. The molecular formula is C19H27NO. The van der Waals surface area contributed by atoms with Crippen LogP contribution in [0.2, 0.25) is 0 Å². The van der Waals surface area contributed by atoms with Gasteiger partial charge in [-0.05, 0) is 60.9 Å². The number of hydrogen-bond acceptors (Lipinski definition) is 2. The Morgan fingerprint density at radius 1 is 1.19 bits per heavy atom. The molecular weight excluding hydrogens is 258 g/mol. The molecule has 1 aromatic carbocycles. The number of phenols is 1. The van der Waals surface area contributed by atoms with E-state index >= 15 is 0 Å². The van der Waals surface area contributed by atoms with Crippen LogP contribution in [0.15, 0.2) is 18.2 Å². The molecule has 1 saturated heterocycles. The van der Waals surface area contributed by atoms with Crippen molar-refractivity contribution in [3.05, 3.63) is 29.3 Å². The Bertz CT molecular complexity index is 575. The van der Waals surface area contributed by atoms with Crippen LogP contribution in [0.25, 0.3) is 0 Å². The molecule has 114 valence electrons. The quantitative estimate of drug-likeness (QED) is 0.783. The zero-order valence-corrected chi connectivity index (χ0v) is 13.5. The second-order valence-corrected chi connectivity index (χ2v) is 8.07. The van der Waals surface area contributed by atoms with E-state index in [0.29, 0.717) is 23.1 Å². The average Bonchev–Trinajstić information content (AvgIpc) is 2.92. The topological polar surface area (TPSA) is 23.5 Å². The molecule has 0 amide bonds. The van der Waals surface area contributed by atoms with Gasteiger partial charge in [0.15, 0.2) is 0 Å². The molecule has 1 aromatic rings. The summed E-state index contributed by atoms with van der Waals surface area (Å²) in [5.74, 6) is 1.07. The zero-order valence-electron chi connectivity index (χ0n) is 13.5. The third kappa shape index (κ3) is 1.63. The van der Waals surface area contributed by atoms with Gasteiger partial charge in [0.1, 0.15) is 5.75 Å². The number of phenolic OH excluding ortho intramolecular Hbond substituents is 1. The highest BCUT2D eigenvalue weighted by molar-refractivity contribution is 5.49. The summed E-state index contributed by atoms with van der Waals surface area (Å²) in [6, 6.07) is 6.91. The summed E-state index contributed by atoms with van der Waals surface area (Å²) in [6.07, 6.45) is 6.61. The number of nitrogens with zero attached hydrogens (tertiary/aromatic N) is 1. The standard InChI is InChI=1S/C19H27NO/c1-13-12-20(3)17-11-18(13,2)16-10-14(21)6-7-15(16)19(17)8-4-5-9-19/h6-7,10,13,17,21H,4-5,8-9,11-12H2,1-3H3. The van der Waals surface area contributed by atoms with E-state index < -0.39 is 0 Å². The number of fused-ring (bicyclic) bond motifs is 6. The van der Waals surface area contributed by atoms with Crippen LogP contribution in [0.4, 0.5) is 0 Å². The van der Waals surface area contributed by atoms with Crippen molar-refractivity contribution in [2.45, 2.75) is 62.8 Å². The summed E-state index contributed by atoms with van der Waals surface area (Å²) in [5.41, 5.74) is 3.56. The lowest BCUT2D eigenvalue weighted by atomic mass is 9.52. The fourth-order valence-corrected chi connectivity index (χ4v) is 5.74. The van der Waals surface area contributed by atoms with Crippen LogP contribution in [0.1, 0.15) is 57.1 Å². The van der Waals surface area contributed by atoms with Gasteiger partial charge in [-0.25, -0.2) is 0 Å². The molecule has 21 heavy (non-hydrogen) atoms. The van der Waals surface area contributed by atoms with Crippen molar-refractivity contribution >= 4 is 0 Å². The van der Waals surface area contributed by atoms with Gasteiger partial charge in [0, 0.05) is 18.0 Å². The number of benzene rings is 1. The van der Waals surface area contributed by atoms with Crippen molar-refractivity contribution in [1.82, 2.24) is 4.90 Å². The van der Waals surface area contributed by atoms with Gasteiger partial charge >= 0.3 is 0 Å². The van der Waals surface area contributed by atoms with E-state index in [-0.39, 0.29) is 5.41 Å². The minimum absolute atomic E-state index is 0.221. The lowest BCUT2D eigenvalue weighted by molar-refractivity contribution is 0.0120. The van der Waals surface area contributed by atoms with Crippen LogP contribution in [-0.2, 0) is 10.8 Å². The Morgan fingerprint density at radius 3 is 2.62 bits per heavy atom. The summed E-state index contributed by atoms with van der Waals surface area (Å²) < 4.78 is 0. The predicted molar refractivity (Wildman–Crippen MR) is 85.8 cm³/mol. The number of likely N-dealkylation sites (tertiary alicyclic amines) is 1. The first-order chi connectivity index (χ1) is 9.97. The zero-order chi connectivity index (χ0) is 14.8. The Kier molecular flexibility index (Phi) is 2.76. The van der Waals surface area contributed by atoms with Gasteiger partial charge in [-0.1, -0.05) is 32.8 Å². The van der Waals surface area contributed by atoms with Gasteiger partial charge in [0.05, 0.1) is 0 Å². The molecule has 3 aliphatic rings. The summed E-state index contributed by atoms with van der Waals surface area (Å²) in [4.78, 5) is 2.63. The Morgan fingerprint density at radius 2 is 1.90 bits per heavy atom. The summed E-state index contributed by atoms with van der Waals surface area (Å²) in [6.45, 7) is 5.99. The molecule has 2 fully saturated rings. The second-order valence-electron chi connectivity index (χ2n) is 8.07. The smallest absolute Gasteiger partial charge is 0.115 e. The minimum Gasteiger partial charge on any atom is -0.508 e. The van der Waals surface area contributed by atoms with E-state index in [1.165, 1.54) is 44.2 Å². The molecule has 1 spiro atoms. The van der Waals surface area contributed by atoms with Crippen LogP contribution in [-0.4, -0.2) is 29.6 Å². The molecule has 3 atom stereocenters. The number of likely N-dealkylation sites (N-methyl/N-ethyl adjacent to an activating group) is 1. The summed E-state index contributed by atoms with van der Waals surface area (Å²) in [7, 11) is 2.33. The Hall–Kier alpha value is -1.02. The molecule has 2 nitrogen and oxygen atoms in total. The number of rotatable bonds is 0. The maximum Gasteiger partial charge on any atom is 0.115 e. The summed E-state index contributed by atoms with van der Waals surface area (Å²) in [5, 5.41) is 10.1. The van der Waals surface area contributed by atoms with Crippen molar-refractivity contribution in [2.24, 2.45) is 5.92 Å². The largest absolute Gasteiger partial charge is 0.508 e. The van der Waals surface area contributed by atoms with E-state index in [4.69, 9.17) is 0 Å². The number of piperidine rings is 1. The van der Waals surface area contributed by atoms with Crippen molar-refractivity contribution in [1.29, 1.82) is 0 Å². The third-order valence-corrected chi connectivity index (χ3v) is 7.09. The molecule has 2 heteroatoms. The molecule has 2 bridgehead atoms. The van der Waals surface area contributed by atoms with E-state index in [9.17, 15) is 5.11 Å².